The molecule has 3 aromatic carbocycles. The molecule has 1 aliphatic rings. The summed E-state index contributed by atoms with van der Waals surface area (Å²) in [6, 6.07) is 17.9. The number of fused-ring (bicyclic) bond motifs is 2. The first-order chi connectivity index (χ1) is 16.8. The topological polar surface area (TPSA) is 91.0 Å². The molecular weight excluding hydrogens is 480 g/mol. The molecule has 0 saturated heterocycles. The van der Waals surface area contributed by atoms with Gasteiger partial charge in [0.15, 0.2) is 0 Å². The lowest BCUT2D eigenvalue weighted by molar-refractivity contribution is -0.128. The van der Waals surface area contributed by atoms with Gasteiger partial charge in [-0.25, -0.2) is 4.79 Å². The number of halogens is 1. The van der Waals surface area contributed by atoms with Gasteiger partial charge in [-0.1, -0.05) is 48.5 Å². The second kappa shape index (κ2) is 11.4. The summed E-state index contributed by atoms with van der Waals surface area (Å²) in [4.78, 5) is 42.5. The number of benzene rings is 3. The third kappa shape index (κ3) is 5.15. The van der Waals surface area contributed by atoms with Gasteiger partial charge < -0.3 is 20.3 Å². The Bertz CT molecular complexity index is 1280. The van der Waals surface area contributed by atoms with Crippen LogP contribution < -0.4 is 20.4 Å². The number of likely N-dealkylation sites (N-methyl/N-ethyl adjacent to an activating group) is 1. The van der Waals surface area contributed by atoms with Crippen molar-refractivity contribution in [1.82, 2.24) is 10.6 Å². The predicted octanol–water partition coefficient (Wildman–Crippen LogP) is 3.78. The van der Waals surface area contributed by atoms with Crippen LogP contribution in [0.25, 0.3) is 10.8 Å². The van der Waals surface area contributed by atoms with E-state index in [-0.39, 0.29) is 37.3 Å². The number of nitrogens with one attached hydrogen (secondary N) is 2. The number of amides is 3. The zero-order valence-electron chi connectivity index (χ0n) is 20.8. The lowest BCUT2D eigenvalue weighted by Crippen LogP contribution is -2.55. The third-order valence-electron chi connectivity index (χ3n) is 6.52. The van der Waals surface area contributed by atoms with Gasteiger partial charge in [0, 0.05) is 0 Å². The summed E-state index contributed by atoms with van der Waals surface area (Å²) in [6.07, 6.45) is -0.602. The van der Waals surface area contributed by atoms with Crippen molar-refractivity contribution in [3.8, 4) is 0 Å². The number of hydrogen-bond acceptors (Lipinski definition) is 5. The molecule has 4 rings (SSSR count). The average Bonchev–Trinajstić information content (AvgIpc) is 2.99. The fourth-order valence-corrected chi connectivity index (χ4v) is 4.38. The average molecular weight is 511 g/mol. The Balaban J connectivity index is 0.00000361. The number of aryl methyl sites for hydroxylation is 1. The molecule has 0 saturated carbocycles. The number of carbonyl (C=O) groups is 3. The summed E-state index contributed by atoms with van der Waals surface area (Å²) in [7, 11) is 2.97. The molecule has 9 heteroatoms. The van der Waals surface area contributed by atoms with Crippen LogP contribution in [0.15, 0.2) is 60.7 Å². The minimum Gasteiger partial charge on any atom is -0.452 e. The van der Waals surface area contributed by atoms with E-state index in [2.05, 4.69) is 16.7 Å². The van der Waals surface area contributed by atoms with E-state index >= 15 is 0 Å². The molecular formula is C27H31ClN4O4. The fraction of sp³-hybridized carbons (Fsp3) is 0.296. The highest BCUT2D eigenvalue weighted by atomic mass is 35.5. The first-order valence-electron chi connectivity index (χ1n) is 11.6. The Morgan fingerprint density at radius 2 is 1.72 bits per heavy atom. The molecule has 190 valence electrons. The van der Waals surface area contributed by atoms with Gasteiger partial charge in [0.05, 0.1) is 37.6 Å². The Labute approximate surface area is 217 Å². The van der Waals surface area contributed by atoms with Gasteiger partial charge in [-0.2, -0.15) is 0 Å². The number of rotatable bonds is 5. The smallest absolute Gasteiger partial charge is 0.414 e. The highest BCUT2D eigenvalue weighted by Gasteiger charge is 2.38. The van der Waals surface area contributed by atoms with Gasteiger partial charge in [-0.3, -0.25) is 14.5 Å². The SMILES string of the molecule is CNC(C)C(=O)NC1CN(C(=O)OC)c2ccccc2N(Cc2c(C)ccc3ccccc23)C1=O.Cl. The molecule has 3 amide bonds. The summed E-state index contributed by atoms with van der Waals surface area (Å²) in [5, 5.41) is 7.84. The number of para-hydroxylation sites is 2. The molecule has 0 radical (unpaired) electrons. The second-order valence-corrected chi connectivity index (χ2v) is 8.65. The van der Waals surface area contributed by atoms with Gasteiger partial charge >= 0.3 is 6.09 Å². The van der Waals surface area contributed by atoms with Crippen LogP contribution in [0.2, 0.25) is 0 Å². The Hall–Kier alpha value is -3.62. The van der Waals surface area contributed by atoms with Crippen molar-refractivity contribution in [1.29, 1.82) is 0 Å². The zero-order chi connectivity index (χ0) is 25.1. The van der Waals surface area contributed by atoms with E-state index in [0.29, 0.717) is 11.4 Å². The van der Waals surface area contributed by atoms with Gasteiger partial charge in [-0.15, -0.1) is 12.4 Å². The van der Waals surface area contributed by atoms with Crippen molar-refractivity contribution in [3.63, 3.8) is 0 Å². The maximum absolute atomic E-state index is 14.0. The number of methoxy groups -OCH3 is 1. The third-order valence-corrected chi connectivity index (χ3v) is 6.52. The van der Waals surface area contributed by atoms with Crippen molar-refractivity contribution >= 4 is 52.5 Å². The van der Waals surface area contributed by atoms with Crippen molar-refractivity contribution in [2.24, 2.45) is 0 Å². The first-order valence-corrected chi connectivity index (χ1v) is 11.6. The van der Waals surface area contributed by atoms with Crippen LogP contribution in [0, 0.1) is 6.92 Å². The first kappa shape index (κ1) is 27.0. The lowest BCUT2D eigenvalue weighted by atomic mass is 9.99. The molecule has 3 aromatic rings. The maximum Gasteiger partial charge on any atom is 0.414 e. The van der Waals surface area contributed by atoms with E-state index in [9.17, 15) is 14.4 Å². The molecule has 1 aliphatic heterocycles. The van der Waals surface area contributed by atoms with E-state index in [4.69, 9.17) is 4.74 Å². The molecule has 0 aliphatic carbocycles. The van der Waals surface area contributed by atoms with Crippen LogP contribution in [-0.2, 0) is 20.9 Å². The number of ether oxygens (including phenoxy) is 1. The lowest BCUT2D eigenvalue weighted by Gasteiger charge is -2.27. The highest BCUT2D eigenvalue weighted by Crippen LogP contribution is 2.35. The molecule has 8 nitrogen and oxygen atoms in total. The molecule has 2 unspecified atom stereocenters. The van der Waals surface area contributed by atoms with E-state index < -0.39 is 18.2 Å². The van der Waals surface area contributed by atoms with Crippen molar-refractivity contribution in [3.05, 3.63) is 71.8 Å². The Kier molecular flexibility index (Phi) is 8.55. The summed E-state index contributed by atoms with van der Waals surface area (Å²) in [5.41, 5.74) is 3.18. The van der Waals surface area contributed by atoms with Crippen LogP contribution in [0.3, 0.4) is 0 Å². The molecule has 36 heavy (non-hydrogen) atoms. The van der Waals surface area contributed by atoms with E-state index in [0.717, 1.165) is 21.9 Å². The van der Waals surface area contributed by atoms with Gasteiger partial charge in [-0.05, 0) is 54.9 Å². The number of carbonyl (C=O) groups excluding carboxylic acids is 3. The maximum atomic E-state index is 14.0. The van der Waals surface area contributed by atoms with Crippen molar-refractivity contribution in [2.75, 3.05) is 30.5 Å². The number of hydrogen-bond donors (Lipinski definition) is 2. The van der Waals surface area contributed by atoms with Crippen LogP contribution in [0.4, 0.5) is 16.2 Å². The summed E-state index contributed by atoms with van der Waals surface area (Å²) < 4.78 is 5.02. The van der Waals surface area contributed by atoms with Gasteiger partial charge in [0.2, 0.25) is 5.91 Å². The van der Waals surface area contributed by atoms with E-state index in [1.807, 2.05) is 55.5 Å². The summed E-state index contributed by atoms with van der Waals surface area (Å²) >= 11 is 0. The summed E-state index contributed by atoms with van der Waals surface area (Å²) in [5.74, 6) is -0.629. The predicted molar refractivity (Wildman–Crippen MR) is 144 cm³/mol. The van der Waals surface area contributed by atoms with E-state index in [1.165, 1.54) is 12.0 Å². The van der Waals surface area contributed by atoms with Crippen LogP contribution in [0.5, 0.6) is 0 Å². The molecule has 0 bridgehead atoms. The molecule has 2 atom stereocenters. The van der Waals surface area contributed by atoms with Crippen molar-refractivity contribution < 1.29 is 19.1 Å². The normalized spacial score (nSPS) is 16.0. The number of nitrogens with zero attached hydrogens (tertiary/aromatic N) is 2. The van der Waals surface area contributed by atoms with Gasteiger partial charge in [0.1, 0.15) is 6.04 Å². The van der Waals surface area contributed by atoms with Crippen LogP contribution in [-0.4, -0.2) is 50.7 Å². The fourth-order valence-electron chi connectivity index (χ4n) is 4.38. The zero-order valence-corrected chi connectivity index (χ0v) is 21.6. The highest BCUT2D eigenvalue weighted by molar-refractivity contribution is 6.07. The molecule has 0 spiro atoms. The summed E-state index contributed by atoms with van der Waals surface area (Å²) in [6.45, 7) is 3.97. The minimum absolute atomic E-state index is 0. The minimum atomic E-state index is -0.958. The quantitative estimate of drug-likeness (QED) is 0.545. The molecule has 1 heterocycles. The van der Waals surface area contributed by atoms with Crippen LogP contribution >= 0.6 is 12.4 Å². The Morgan fingerprint density at radius 1 is 1.06 bits per heavy atom. The molecule has 0 aromatic heterocycles. The molecule has 2 N–H and O–H groups in total. The standard InChI is InChI=1S/C27H30N4O4.ClH/c1-17-13-14-19-9-5-6-10-20(19)21(17)15-30-23-11-7-8-12-24(23)31(27(34)35-4)16-22(26(30)33)29-25(32)18(2)28-3;/h5-14,18,22,28H,15-16H2,1-4H3,(H,29,32);1H. The van der Waals surface area contributed by atoms with Gasteiger partial charge in [0.25, 0.3) is 5.91 Å². The number of anilines is 2. The van der Waals surface area contributed by atoms with Crippen molar-refractivity contribution in [2.45, 2.75) is 32.5 Å². The monoisotopic (exact) mass is 510 g/mol. The van der Waals surface area contributed by atoms with E-state index in [1.54, 1.807) is 24.9 Å². The van der Waals surface area contributed by atoms with Crippen LogP contribution in [0.1, 0.15) is 18.1 Å². The second-order valence-electron chi connectivity index (χ2n) is 8.65. The Morgan fingerprint density at radius 3 is 2.42 bits per heavy atom. The molecule has 0 fully saturated rings. The largest absolute Gasteiger partial charge is 0.452 e.